The molecule has 0 bridgehead atoms. The third-order valence-corrected chi connectivity index (χ3v) is 5.16. The van der Waals surface area contributed by atoms with Crippen LogP contribution in [0.3, 0.4) is 0 Å². The molecule has 1 aliphatic carbocycles. The molecule has 1 aromatic carbocycles. The van der Waals surface area contributed by atoms with E-state index in [-0.39, 0.29) is 6.09 Å². The maximum atomic E-state index is 12.4. The molecule has 0 N–H and O–H groups in total. The highest BCUT2D eigenvalue weighted by molar-refractivity contribution is 5.68. The minimum Gasteiger partial charge on any atom is -0.445 e. The van der Waals surface area contributed by atoms with Crippen LogP contribution in [0.5, 0.6) is 0 Å². The molecule has 0 aromatic heterocycles. The SMILES string of the molecule is C[C@H]1CCC[C@@H]2[C@H]1CCCN2C(=O)OCc1ccccc1. The third kappa shape index (κ3) is 3.22. The molecule has 0 spiro atoms. The molecule has 1 aliphatic heterocycles. The Kier molecular flexibility index (Phi) is 4.47. The quantitative estimate of drug-likeness (QED) is 0.815. The fraction of sp³-hybridized carbons (Fsp3) is 0.611. The lowest BCUT2D eigenvalue weighted by atomic mass is 9.72. The van der Waals surface area contributed by atoms with Crippen LogP contribution in [0.15, 0.2) is 30.3 Å². The number of nitrogens with zero attached hydrogens (tertiary/aromatic N) is 1. The minimum atomic E-state index is -0.123. The zero-order valence-corrected chi connectivity index (χ0v) is 12.8. The third-order valence-electron chi connectivity index (χ3n) is 5.16. The van der Waals surface area contributed by atoms with Gasteiger partial charge in [0.1, 0.15) is 6.61 Å². The van der Waals surface area contributed by atoms with Crippen molar-refractivity contribution in [2.75, 3.05) is 6.54 Å². The second-order valence-electron chi connectivity index (χ2n) is 6.52. The lowest BCUT2D eigenvalue weighted by Crippen LogP contribution is -2.51. The molecule has 1 saturated carbocycles. The first-order valence-electron chi connectivity index (χ1n) is 8.23. The molecule has 2 fully saturated rings. The maximum Gasteiger partial charge on any atom is 0.410 e. The molecule has 3 rings (SSSR count). The van der Waals surface area contributed by atoms with Crippen LogP contribution in [0.2, 0.25) is 0 Å². The lowest BCUT2D eigenvalue weighted by Gasteiger charge is -2.46. The van der Waals surface area contributed by atoms with E-state index in [0.29, 0.717) is 18.6 Å². The summed E-state index contributed by atoms with van der Waals surface area (Å²) in [4.78, 5) is 14.4. The number of carbonyl (C=O) groups is 1. The Labute approximate surface area is 127 Å². The Morgan fingerprint density at radius 3 is 2.81 bits per heavy atom. The van der Waals surface area contributed by atoms with Crippen LogP contribution in [-0.4, -0.2) is 23.6 Å². The summed E-state index contributed by atoms with van der Waals surface area (Å²) in [7, 11) is 0. The van der Waals surface area contributed by atoms with E-state index >= 15 is 0 Å². The Hall–Kier alpha value is -1.51. The van der Waals surface area contributed by atoms with Gasteiger partial charge in [-0.1, -0.05) is 50.1 Å². The van der Waals surface area contributed by atoms with Gasteiger partial charge in [-0.05, 0) is 36.7 Å². The molecule has 1 aromatic rings. The first kappa shape index (κ1) is 14.4. The summed E-state index contributed by atoms with van der Waals surface area (Å²) in [6.45, 7) is 3.58. The molecule has 1 amide bonds. The van der Waals surface area contributed by atoms with Crippen molar-refractivity contribution in [1.82, 2.24) is 4.90 Å². The highest BCUT2D eigenvalue weighted by Gasteiger charge is 2.39. The van der Waals surface area contributed by atoms with E-state index in [1.54, 1.807) is 0 Å². The second-order valence-corrected chi connectivity index (χ2v) is 6.52. The van der Waals surface area contributed by atoms with Gasteiger partial charge in [-0.3, -0.25) is 0 Å². The molecule has 0 radical (unpaired) electrons. The van der Waals surface area contributed by atoms with Crippen molar-refractivity contribution < 1.29 is 9.53 Å². The number of piperidine rings is 1. The summed E-state index contributed by atoms with van der Waals surface area (Å²) >= 11 is 0. The molecule has 1 heterocycles. The number of hydrogen-bond donors (Lipinski definition) is 0. The molecule has 3 atom stereocenters. The molecular weight excluding hydrogens is 262 g/mol. The van der Waals surface area contributed by atoms with Gasteiger partial charge < -0.3 is 9.64 Å². The van der Waals surface area contributed by atoms with Crippen molar-refractivity contribution in [3.63, 3.8) is 0 Å². The van der Waals surface area contributed by atoms with Gasteiger partial charge in [0.05, 0.1) is 0 Å². The highest BCUT2D eigenvalue weighted by Crippen LogP contribution is 2.39. The summed E-state index contributed by atoms with van der Waals surface area (Å²) < 4.78 is 5.54. The first-order valence-corrected chi connectivity index (χ1v) is 8.23. The Morgan fingerprint density at radius 2 is 2.00 bits per heavy atom. The highest BCUT2D eigenvalue weighted by atomic mass is 16.6. The van der Waals surface area contributed by atoms with E-state index in [4.69, 9.17) is 4.74 Å². The Balaban J connectivity index is 1.61. The average molecular weight is 287 g/mol. The Morgan fingerprint density at radius 1 is 1.19 bits per heavy atom. The molecule has 3 heteroatoms. The van der Waals surface area contributed by atoms with Crippen molar-refractivity contribution in [2.24, 2.45) is 11.8 Å². The predicted molar refractivity (Wildman–Crippen MR) is 82.9 cm³/mol. The van der Waals surface area contributed by atoms with Crippen molar-refractivity contribution in [1.29, 1.82) is 0 Å². The molecular formula is C18H25NO2. The molecule has 2 aliphatic rings. The lowest BCUT2D eigenvalue weighted by molar-refractivity contribution is 0.0171. The maximum absolute atomic E-state index is 12.4. The van der Waals surface area contributed by atoms with Gasteiger partial charge in [-0.15, -0.1) is 0 Å². The van der Waals surface area contributed by atoms with E-state index in [9.17, 15) is 4.79 Å². The largest absolute Gasteiger partial charge is 0.445 e. The van der Waals surface area contributed by atoms with Crippen LogP contribution >= 0.6 is 0 Å². The van der Waals surface area contributed by atoms with Gasteiger partial charge in [0, 0.05) is 12.6 Å². The number of fused-ring (bicyclic) bond motifs is 1. The minimum absolute atomic E-state index is 0.123. The number of ether oxygens (including phenoxy) is 1. The molecule has 0 unspecified atom stereocenters. The van der Waals surface area contributed by atoms with Gasteiger partial charge in [0.2, 0.25) is 0 Å². The summed E-state index contributed by atoms with van der Waals surface area (Å²) in [5.74, 6) is 1.42. The average Bonchev–Trinajstić information content (AvgIpc) is 2.53. The van der Waals surface area contributed by atoms with E-state index in [1.807, 2.05) is 35.2 Å². The standard InChI is InChI=1S/C18H25NO2/c1-14-7-5-11-17-16(14)10-6-12-19(17)18(20)21-13-15-8-3-2-4-9-15/h2-4,8-9,14,16-17H,5-7,10-13H2,1H3/t14-,16-,17+/m0/s1. The predicted octanol–water partition coefficient (Wildman–Crippen LogP) is 4.22. The second kappa shape index (κ2) is 6.50. The van der Waals surface area contributed by atoms with Gasteiger partial charge in [0.15, 0.2) is 0 Å². The van der Waals surface area contributed by atoms with Crippen molar-refractivity contribution in [3.05, 3.63) is 35.9 Å². The Bertz CT molecular complexity index is 473. The van der Waals surface area contributed by atoms with Crippen LogP contribution in [0.4, 0.5) is 4.79 Å². The van der Waals surface area contributed by atoms with Crippen LogP contribution < -0.4 is 0 Å². The zero-order chi connectivity index (χ0) is 14.7. The smallest absolute Gasteiger partial charge is 0.410 e. The van der Waals surface area contributed by atoms with Gasteiger partial charge in [-0.2, -0.15) is 0 Å². The zero-order valence-electron chi connectivity index (χ0n) is 12.8. The number of benzene rings is 1. The fourth-order valence-electron chi connectivity index (χ4n) is 4.01. The van der Waals surface area contributed by atoms with Crippen molar-refractivity contribution in [3.8, 4) is 0 Å². The van der Waals surface area contributed by atoms with Crippen LogP contribution in [-0.2, 0) is 11.3 Å². The number of amides is 1. The van der Waals surface area contributed by atoms with Gasteiger partial charge in [-0.25, -0.2) is 4.79 Å². The first-order chi connectivity index (χ1) is 10.3. The molecule has 114 valence electrons. The summed E-state index contributed by atoms with van der Waals surface area (Å²) in [5, 5.41) is 0. The summed E-state index contributed by atoms with van der Waals surface area (Å²) in [6, 6.07) is 10.3. The fourth-order valence-corrected chi connectivity index (χ4v) is 4.01. The van der Waals surface area contributed by atoms with Crippen LogP contribution in [0.1, 0.15) is 44.6 Å². The van der Waals surface area contributed by atoms with Crippen LogP contribution in [0, 0.1) is 11.8 Å². The van der Waals surface area contributed by atoms with E-state index in [0.717, 1.165) is 30.9 Å². The topological polar surface area (TPSA) is 29.5 Å². The van der Waals surface area contributed by atoms with E-state index in [1.165, 1.54) is 19.3 Å². The van der Waals surface area contributed by atoms with Crippen LogP contribution in [0.25, 0.3) is 0 Å². The number of rotatable bonds is 2. The number of likely N-dealkylation sites (tertiary alicyclic amines) is 1. The summed E-state index contributed by atoms with van der Waals surface area (Å²) in [5.41, 5.74) is 1.05. The van der Waals surface area contributed by atoms with E-state index in [2.05, 4.69) is 6.92 Å². The van der Waals surface area contributed by atoms with Gasteiger partial charge >= 0.3 is 6.09 Å². The number of carbonyl (C=O) groups excluding carboxylic acids is 1. The molecule has 3 nitrogen and oxygen atoms in total. The van der Waals surface area contributed by atoms with Crippen molar-refractivity contribution in [2.45, 2.75) is 51.7 Å². The normalized spacial score (nSPS) is 28.8. The molecule has 21 heavy (non-hydrogen) atoms. The summed E-state index contributed by atoms with van der Waals surface area (Å²) in [6.07, 6.45) is 5.97. The monoisotopic (exact) mass is 287 g/mol. The van der Waals surface area contributed by atoms with Gasteiger partial charge in [0.25, 0.3) is 0 Å². The number of hydrogen-bond acceptors (Lipinski definition) is 2. The van der Waals surface area contributed by atoms with Crippen molar-refractivity contribution >= 4 is 6.09 Å². The molecule has 1 saturated heterocycles. The van der Waals surface area contributed by atoms with E-state index < -0.39 is 0 Å².